The third-order valence-electron chi connectivity index (χ3n) is 3.28. The van der Waals surface area contributed by atoms with Crippen molar-refractivity contribution in [2.75, 3.05) is 6.61 Å². The number of ether oxygens (including phenoxy) is 2. The Hall–Kier alpha value is -2.57. The number of carboxylic acid groups (broad SMARTS) is 1. The number of aromatic nitrogens is 3. The monoisotopic (exact) mass is 344 g/mol. The fourth-order valence-electron chi connectivity index (χ4n) is 2.05. The van der Waals surface area contributed by atoms with Gasteiger partial charge in [0.05, 0.1) is 12.8 Å². The van der Waals surface area contributed by atoms with Gasteiger partial charge in [-0.15, -0.1) is 5.10 Å². The van der Waals surface area contributed by atoms with Crippen LogP contribution < -0.4 is 5.73 Å². The predicted octanol–water partition coefficient (Wildman–Crippen LogP) is -2.60. The third kappa shape index (κ3) is 4.04. The van der Waals surface area contributed by atoms with Gasteiger partial charge >= 0.3 is 11.9 Å². The Morgan fingerprint density at radius 3 is 2.58 bits per heavy atom. The molecule has 1 saturated heterocycles. The number of hydrogen-bond donors (Lipinski definition) is 4. The number of aliphatic hydroxyl groups is 2. The molecule has 0 aliphatic carbocycles. The lowest BCUT2D eigenvalue weighted by atomic mass is 10.1. The SMILES string of the molecule is NC(=O)c1ncn([C@@H]2O[C@H](COC(=O)CCC(=O)O)[C@@H](O)[C@H]2O)n1. The molecule has 2 heterocycles. The molecule has 4 atom stereocenters. The Morgan fingerprint density at radius 1 is 1.29 bits per heavy atom. The van der Waals surface area contributed by atoms with E-state index in [1.807, 2.05) is 0 Å². The van der Waals surface area contributed by atoms with Gasteiger partial charge in [-0.25, -0.2) is 9.67 Å². The molecule has 5 N–H and O–H groups in total. The molecule has 0 spiro atoms. The fraction of sp³-hybridized carbons (Fsp3) is 0.583. The summed E-state index contributed by atoms with van der Waals surface area (Å²) in [5.41, 5.74) is 5.02. The summed E-state index contributed by atoms with van der Waals surface area (Å²) in [5, 5.41) is 32.1. The van der Waals surface area contributed by atoms with E-state index in [2.05, 4.69) is 10.1 Å². The maximum Gasteiger partial charge on any atom is 0.306 e. The number of aliphatic carboxylic acids is 1. The molecule has 1 aromatic rings. The highest BCUT2D eigenvalue weighted by Crippen LogP contribution is 2.29. The molecule has 0 saturated carbocycles. The van der Waals surface area contributed by atoms with Crippen LogP contribution in [0, 0.1) is 0 Å². The minimum absolute atomic E-state index is 0.288. The number of aliphatic hydroxyl groups excluding tert-OH is 2. The van der Waals surface area contributed by atoms with Gasteiger partial charge in [-0.05, 0) is 0 Å². The first-order valence-corrected chi connectivity index (χ1v) is 6.89. The summed E-state index contributed by atoms with van der Waals surface area (Å²) in [5.74, 6) is -3.08. The molecular formula is C12H16N4O8. The Morgan fingerprint density at radius 2 is 2.00 bits per heavy atom. The van der Waals surface area contributed by atoms with Crippen LogP contribution in [0.5, 0.6) is 0 Å². The van der Waals surface area contributed by atoms with Gasteiger partial charge in [0.15, 0.2) is 6.23 Å². The van der Waals surface area contributed by atoms with Gasteiger partial charge in [0, 0.05) is 0 Å². The number of nitrogens with zero attached hydrogens (tertiary/aromatic N) is 3. The zero-order chi connectivity index (χ0) is 17.9. The first-order chi connectivity index (χ1) is 11.3. The molecule has 12 heteroatoms. The molecule has 132 valence electrons. The van der Waals surface area contributed by atoms with E-state index in [9.17, 15) is 24.6 Å². The van der Waals surface area contributed by atoms with Crippen LogP contribution in [0.25, 0.3) is 0 Å². The molecule has 0 aromatic carbocycles. The lowest BCUT2D eigenvalue weighted by molar-refractivity contribution is -0.152. The topological polar surface area (TPSA) is 187 Å². The van der Waals surface area contributed by atoms with Gasteiger partial charge in [0.1, 0.15) is 31.2 Å². The zero-order valence-corrected chi connectivity index (χ0v) is 12.3. The Balaban J connectivity index is 1.93. The number of rotatable bonds is 7. The van der Waals surface area contributed by atoms with E-state index < -0.39 is 42.4 Å². The average molecular weight is 344 g/mol. The number of carbonyl (C=O) groups is 3. The van der Waals surface area contributed by atoms with Crippen molar-refractivity contribution in [1.82, 2.24) is 14.8 Å². The van der Waals surface area contributed by atoms with Crippen molar-refractivity contribution < 1.29 is 39.2 Å². The number of nitrogens with two attached hydrogens (primary N) is 1. The molecule has 1 aromatic heterocycles. The maximum atomic E-state index is 11.4. The van der Waals surface area contributed by atoms with Crippen molar-refractivity contribution in [3.8, 4) is 0 Å². The summed E-state index contributed by atoms with van der Waals surface area (Å²) in [6.45, 7) is -0.384. The molecule has 0 bridgehead atoms. The van der Waals surface area contributed by atoms with Crippen molar-refractivity contribution in [1.29, 1.82) is 0 Å². The molecule has 1 aliphatic heterocycles. The summed E-state index contributed by atoms with van der Waals surface area (Å²) in [4.78, 5) is 36.3. The highest BCUT2D eigenvalue weighted by atomic mass is 16.6. The van der Waals surface area contributed by atoms with Gasteiger partial charge in [-0.3, -0.25) is 14.4 Å². The van der Waals surface area contributed by atoms with E-state index in [1.54, 1.807) is 0 Å². The van der Waals surface area contributed by atoms with Crippen LogP contribution in [-0.4, -0.2) is 72.8 Å². The quantitative estimate of drug-likeness (QED) is 0.382. The van der Waals surface area contributed by atoms with Crippen molar-refractivity contribution in [3.05, 3.63) is 12.2 Å². The highest BCUT2D eigenvalue weighted by Gasteiger charge is 2.45. The van der Waals surface area contributed by atoms with Crippen LogP contribution in [0.3, 0.4) is 0 Å². The third-order valence-corrected chi connectivity index (χ3v) is 3.28. The molecule has 0 radical (unpaired) electrons. The summed E-state index contributed by atoms with van der Waals surface area (Å²) in [6, 6.07) is 0. The summed E-state index contributed by atoms with van der Waals surface area (Å²) >= 11 is 0. The van der Waals surface area contributed by atoms with Crippen LogP contribution in [0.4, 0.5) is 0 Å². The standard InChI is InChI=1S/C12H16N4O8/c13-10(22)11-14-4-16(15-11)12-9(21)8(20)5(24-12)3-23-7(19)2-1-6(17)18/h4-5,8-9,12,20-21H,1-3H2,(H2,13,22)(H,17,18)/t5-,8-,9-,12-/m1/s1. The number of esters is 1. The van der Waals surface area contributed by atoms with Crippen LogP contribution in [0.1, 0.15) is 29.7 Å². The molecule has 0 unspecified atom stereocenters. The second-order valence-electron chi connectivity index (χ2n) is 5.04. The molecule has 12 nitrogen and oxygen atoms in total. The van der Waals surface area contributed by atoms with Crippen molar-refractivity contribution in [3.63, 3.8) is 0 Å². The lowest BCUT2D eigenvalue weighted by Crippen LogP contribution is -2.34. The Bertz CT molecular complexity index is 632. The minimum atomic E-state index is -1.41. The van der Waals surface area contributed by atoms with Gasteiger partial charge in [0.2, 0.25) is 5.82 Å². The van der Waals surface area contributed by atoms with Crippen LogP contribution in [-0.2, 0) is 19.1 Å². The van der Waals surface area contributed by atoms with Gasteiger partial charge in [0.25, 0.3) is 5.91 Å². The van der Waals surface area contributed by atoms with Gasteiger partial charge in [-0.2, -0.15) is 0 Å². The van der Waals surface area contributed by atoms with Crippen molar-refractivity contribution in [2.24, 2.45) is 5.73 Å². The molecule has 1 fully saturated rings. The van der Waals surface area contributed by atoms with Crippen molar-refractivity contribution >= 4 is 17.8 Å². The first-order valence-electron chi connectivity index (χ1n) is 6.89. The summed E-state index contributed by atoms with van der Waals surface area (Å²) < 4.78 is 11.2. The van der Waals surface area contributed by atoms with Crippen LogP contribution in [0.2, 0.25) is 0 Å². The Labute approximate surface area is 134 Å². The Kier molecular flexibility index (Phi) is 5.43. The molecule has 24 heavy (non-hydrogen) atoms. The molecule has 2 rings (SSSR count). The number of carbonyl (C=O) groups excluding carboxylic acids is 2. The smallest absolute Gasteiger partial charge is 0.306 e. The van der Waals surface area contributed by atoms with Gasteiger partial charge in [-0.1, -0.05) is 0 Å². The summed E-state index contributed by atoms with van der Waals surface area (Å²) in [7, 11) is 0. The van der Waals surface area contributed by atoms with E-state index in [0.29, 0.717) is 0 Å². The maximum absolute atomic E-state index is 11.4. The largest absolute Gasteiger partial charge is 0.481 e. The molecule has 1 amide bonds. The number of amides is 1. The minimum Gasteiger partial charge on any atom is -0.481 e. The first kappa shape index (κ1) is 17.8. The highest BCUT2D eigenvalue weighted by molar-refractivity contribution is 5.88. The van der Waals surface area contributed by atoms with E-state index in [1.165, 1.54) is 0 Å². The van der Waals surface area contributed by atoms with E-state index in [4.69, 9.17) is 20.3 Å². The lowest BCUT2D eigenvalue weighted by Gasteiger charge is -2.14. The molecular weight excluding hydrogens is 328 g/mol. The number of carboxylic acids is 1. The number of primary amides is 1. The van der Waals surface area contributed by atoms with E-state index in [-0.39, 0.29) is 25.3 Å². The second kappa shape index (κ2) is 7.33. The van der Waals surface area contributed by atoms with Crippen LogP contribution >= 0.6 is 0 Å². The number of hydrogen-bond acceptors (Lipinski definition) is 9. The normalized spacial score (nSPS) is 26.2. The predicted molar refractivity (Wildman–Crippen MR) is 72.3 cm³/mol. The fourth-order valence-corrected chi connectivity index (χ4v) is 2.05. The molecule has 1 aliphatic rings. The van der Waals surface area contributed by atoms with Crippen molar-refractivity contribution in [2.45, 2.75) is 37.4 Å². The second-order valence-corrected chi connectivity index (χ2v) is 5.04. The zero-order valence-electron chi connectivity index (χ0n) is 12.3. The average Bonchev–Trinajstić information content (AvgIpc) is 3.10. The van der Waals surface area contributed by atoms with E-state index >= 15 is 0 Å². The van der Waals surface area contributed by atoms with Gasteiger partial charge < -0.3 is 30.5 Å². The summed E-state index contributed by atoms with van der Waals surface area (Å²) in [6.07, 6.45) is -4.61. The van der Waals surface area contributed by atoms with Crippen LogP contribution in [0.15, 0.2) is 6.33 Å². The van der Waals surface area contributed by atoms with E-state index in [0.717, 1.165) is 11.0 Å².